The Morgan fingerprint density at radius 3 is 2.20 bits per heavy atom. The number of hydrogen-bond acceptors (Lipinski definition) is 2. The Morgan fingerprint density at radius 1 is 1.00 bits per heavy atom. The summed E-state index contributed by atoms with van der Waals surface area (Å²) in [6.45, 7) is 0.0621. The molecule has 0 aliphatic carbocycles. The van der Waals surface area contributed by atoms with Crippen LogP contribution in [0.15, 0.2) is 60.7 Å². The highest BCUT2D eigenvalue weighted by atomic mass is 16.3. The molecule has 20 heavy (non-hydrogen) atoms. The maximum atomic E-state index is 12.1. The van der Waals surface area contributed by atoms with Crippen molar-refractivity contribution in [3.05, 3.63) is 71.8 Å². The molecule has 0 saturated heterocycles. The van der Waals surface area contributed by atoms with E-state index in [2.05, 4.69) is 5.32 Å². The van der Waals surface area contributed by atoms with Gasteiger partial charge in [0.1, 0.15) is 0 Å². The zero-order valence-electron chi connectivity index (χ0n) is 11.3. The second-order valence-electron chi connectivity index (χ2n) is 4.74. The van der Waals surface area contributed by atoms with Crippen molar-refractivity contribution in [2.24, 2.45) is 0 Å². The van der Waals surface area contributed by atoms with Crippen LogP contribution in [0.2, 0.25) is 0 Å². The fourth-order valence-corrected chi connectivity index (χ4v) is 2.14. The van der Waals surface area contributed by atoms with Crippen molar-refractivity contribution < 1.29 is 9.90 Å². The van der Waals surface area contributed by atoms with Gasteiger partial charge in [-0.05, 0) is 30.5 Å². The molecule has 3 nitrogen and oxygen atoms in total. The lowest BCUT2D eigenvalue weighted by Crippen LogP contribution is -2.37. The van der Waals surface area contributed by atoms with Gasteiger partial charge in [-0.1, -0.05) is 48.5 Å². The van der Waals surface area contributed by atoms with Crippen LogP contribution in [0.3, 0.4) is 0 Å². The molecule has 0 aromatic heterocycles. The average molecular weight is 269 g/mol. The summed E-state index contributed by atoms with van der Waals surface area (Å²) in [5.74, 6) is -0.0972. The minimum absolute atomic E-state index is 0.0601. The molecule has 0 bridgehead atoms. The molecule has 0 heterocycles. The van der Waals surface area contributed by atoms with Crippen molar-refractivity contribution in [3.63, 3.8) is 0 Å². The van der Waals surface area contributed by atoms with Crippen molar-refractivity contribution >= 4 is 5.91 Å². The lowest BCUT2D eigenvalue weighted by Gasteiger charge is -2.18. The monoisotopic (exact) mass is 269 g/mol. The molecule has 2 N–H and O–H groups in total. The number of carbonyl (C=O) groups is 1. The van der Waals surface area contributed by atoms with E-state index >= 15 is 0 Å². The summed E-state index contributed by atoms with van der Waals surface area (Å²) in [5, 5.41) is 12.1. The first-order valence-corrected chi connectivity index (χ1v) is 6.80. The summed E-state index contributed by atoms with van der Waals surface area (Å²) in [6, 6.07) is 19.0. The van der Waals surface area contributed by atoms with Crippen molar-refractivity contribution in [1.82, 2.24) is 5.32 Å². The number of carbonyl (C=O) groups excluding carboxylic acids is 1. The molecule has 2 aromatic carbocycles. The molecule has 0 saturated carbocycles. The van der Waals surface area contributed by atoms with Crippen LogP contribution < -0.4 is 5.32 Å². The second kappa shape index (κ2) is 7.46. The zero-order chi connectivity index (χ0) is 14.2. The van der Waals surface area contributed by atoms with Gasteiger partial charge in [0.25, 0.3) is 5.91 Å². The molecular formula is C17H19NO2. The van der Waals surface area contributed by atoms with E-state index in [4.69, 9.17) is 5.11 Å². The fourth-order valence-electron chi connectivity index (χ4n) is 2.14. The topological polar surface area (TPSA) is 49.3 Å². The second-order valence-corrected chi connectivity index (χ2v) is 4.74. The van der Waals surface area contributed by atoms with E-state index in [9.17, 15) is 4.79 Å². The molecule has 1 amide bonds. The van der Waals surface area contributed by atoms with E-state index in [0.29, 0.717) is 12.0 Å². The number of aliphatic hydroxyl groups excluding tert-OH is 1. The first-order valence-electron chi connectivity index (χ1n) is 6.80. The van der Waals surface area contributed by atoms with Gasteiger partial charge >= 0.3 is 0 Å². The molecule has 0 spiro atoms. The Bertz CT molecular complexity index is 525. The number of hydrogen-bond donors (Lipinski definition) is 2. The molecule has 0 aliphatic rings. The predicted molar refractivity (Wildman–Crippen MR) is 79.5 cm³/mol. The first-order chi connectivity index (χ1) is 9.79. The zero-order valence-corrected chi connectivity index (χ0v) is 11.3. The van der Waals surface area contributed by atoms with E-state index < -0.39 is 0 Å². The number of aliphatic hydroxyl groups is 1. The van der Waals surface area contributed by atoms with Gasteiger partial charge in [0.2, 0.25) is 0 Å². The number of nitrogens with one attached hydrogen (secondary N) is 1. The van der Waals surface area contributed by atoms with Crippen LogP contribution in [0.4, 0.5) is 0 Å². The lowest BCUT2D eigenvalue weighted by atomic mass is 10.0. The van der Waals surface area contributed by atoms with E-state index in [1.807, 2.05) is 48.5 Å². The Balaban J connectivity index is 2.00. The van der Waals surface area contributed by atoms with Crippen molar-refractivity contribution in [3.8, 4) is 0 Å². The molecule has 0 fully saturated rings. The van der Waals surface area contributed by atoms with Gasteiger partial charge < -0.3 is 10.4 Å². The molecule has 2 aromatic rings. The molecule has 0 radical (unpaired) electrons. The molecule has 1 atom stereocenters. The van der Waals surface area contributed by atoms with Crippen molar-refractivity contribution in [2.45, 2.75) is 18.9 Å². The largest absolute Gasteiger partial charge is 0.396 e. The van der Waals surface area contributed by atoms with Crippen LogP contribution in [0.5, 0.6) is 0 Å². The van der Waals surface area contributed by atoms with E-state index in [1.165, 1.54) is 0 Å². The van der Waals surface area contributed by atoms with Crippen LogP contribution in [-0.2, 0) is 6.42 Å². The fraction of sp³-hybridized carbons (Fsp3) is 0.235. The molecular weight excluding hydrogens is 250 g/mol. The summed E-state index contributed by atoms with van der Waals surface area (Å²) in [5.41, 5.74) is 1.79. The Kier molecular flexibility index (Phi) is 5.33. The van der Waals surface area contributed by atoms with E-state index in [-0.39, 0.29) is 18.6 Å². The summed E-state index contributed by atoms with van der Waals surface area (Å²) >= 11 is 0. The van der Waals surface area contributed by atoms with Gasteiger partial charge in [-0.3, -0.25) is 4.79 Å². The third-order valence-electron chi connectivity index (χ3n) is 3.17. The average Bonchev–Trinajstić information content (AvgIpc) is 2.49. The molecule has 104 valence electrons. The molecule has 0 aliphatic heterocycles. The number of benzene rings is 2. The summed E-state index contributed by atoms with van der Waals surface area (Å²) in [6.07, 6.45) is 1.27. The maximum Gasteiger partial charge on any atom is 0.251 e. The first kappa shape index (κ1) is 14.3. The van der Waals surface area contributed by atoms with Crippen molar-refractivity contribution in [1.29, 1.82) is 0 Å². The predicted octanol–water partition coefficient (Wildman–Crippen LogP) is 2.41. The summed E-state index contributed by atoms with van der Waals surface area (Å²) < 4.78 is 0. The smallest absolute Gasteiger partial charge is 0.251 e. The Labute approximate surface area is 119 Å². The standard InChI is InChI=1S/C17H19NO2/c19-12-11-16(13-14-7-3-1-4-8-14)18-17(20)15-9-5-2-6-10-15/h1-10,16,19H,11-13H2,(H,18,20). The highest BCUT2D eigenvalue weighted by molar-refractivity contribution is 5.94. The van der Waals surface area contributed by atoms with Crippen LogP contribution in [0.25, 0.3) is 0 Å². The van der Waals surface area contributed by atoms with Crippen LogP contribution >= 0.6 is 0 Å². The highest BCUT2D eigenvalue weighted by Gasteiger charge is 2.13. The molecule has 3 heteroatoms. The minimum atomic E-state index is -0.0972. The highest BCUT2D eigenvalue weighted by Crippen LogP contribution is 2.07. The third kappa shape index (κ3) is 4.21. The number of rotatable bonds is 6. The van der Waals surface area contributed by atoms with Gasteiger partial charge in [0.05, 0.1) is 0 Å². The normalized spacial score (nSPS) is 11.8. The Morgan fingerprint density at radius 2 is 1.60 bits per heavy atom. The Hall–Kier alpha value is -2.13. The van der Waals surface area contributed by atoms with E-state index in [1.54, 1.807) is 12.1 Å². The number of amides is 1. The SMILES string of the molecule is O=C(NC(CCO)Cc1ccccc1)c1ccccc1. The van der Waals surface area contributed by atoms with Crippen LogP contribution in [0, 0.1) is 0 Å². The van der Waals surface area contributed by atoms with Crippen LogP contribution in [-0.4, -0.2) is 23.7 Å². The molecule has 1 unspecified atom stereocenters. The van der Waals surface area contributed by atoms with Gasteiger partial charge in [-0.2, -0.15) is 0 Å². The quantitative estimate of drug-likeness (QED) is 0.846. The minimum Gasteiger partial charge on any atom is -0.396 e. The summed E-state index contributed by atoms with van der Waals surface area (Å²) in [7, 11) is 0. The molecule has 2 rings (SSSR count). The van der Waals surface area contributed by atoms with Crippen LogP contribution in [0.1, 0.15) is 22.3 Å². The van der Waals surface area contributed by atoms with Gasteiger partial charge in [0, 0.05) is 18.2 Å². The van der Waals surface area contributed by atoms with E-state index in [0.717, 1.165) is 12.0 Å². The van der Waals surface area contributed by atoms with Gasteiger partial charge in [-0.25, -0.2) is 0 Å². The summed E-state index contributed by atoms with van der Waals surface area (Å²) in [4.78, 5) is 12.1. The lowest BCUT2D eigenvalue weighted by molar-refractivity contribution is 0.0930. The van der Waals surface area contributed by atoms with Crippen molar-refractivity contribution in [2.75, 3.05) is 6.61 Å². The maximum absolute atomic E-state index is 12.1. The van der Waals surface area contributed by atoms with Gasteiger partial charge in [-0.15, -0.1) is 0 Å². The van der Waals surface area contributed by atoms with Gasteiger partial charge in [0.15, 0.2) is 0 Å². The third-order valence-corrected chi connectivity index (χ3v) is 3.17.